The summed E-state index contributed by atoms with van der Waals surface area (Å²) in [7, 11) is 0. The van der Waals surface area contributed by atoms with Gasteiger partial charge in [-0.3, -0.25) is 0 Å². The van der Waals surface area contributed by atoms with Gasteiger partial charge in [0.2, 0.25) is 0 Å². The lowest BCUT2D eigenvalue weighted by atomic mass is 9.84. The SMILES string of the molecule is C[C@H](NCc1cc(Br)c(O)c(Br)c1)C1CCCCC1. The summed E-state index contributed by atoms with van der Waals surface area (Å²) in [5, 5.41) is 13.3. The fourth-order valence-electron chi connectivity index (χ4n) is 2.80. The van der Waals surface area contributed by atoms with E-state index in [4.69, 9.17) is 0 Å². The molecule has 1 fully saturated rings. The Morgan fingerprint density at radius 1 is 1.21 bits per heavy atom. The van der Waals surface area contributed by atoms with Gasteiger partial charge in [0, 0.05) is 12.6 Å². The third-order valence-electron chi connectivity index (χ3n) is 4.06. The van der Waals surface area contributed by atoms with Crippen molar-refractivity contribution in [1.29, 1.82) is 0 Å². The molecule has 2 N–H and O–H groups in total. The highest BCUT2D eigenvalue weighted by Crippen LogP contribution is 2.33. The Labute approximate surface area is 132 Å². The number of phenolic OH excluding ortho intramolecular Hbond substituents is 1. The van der Waals surface area contributed by atoms with Gasteiger partial charge in [-0.25, -0.2) is 0 Å². The van der Waals surface area contributed by atoms with Crippen LogP contribution >= 0.6 is 31.9 Å². The highest BCUT2D eigenvalue weighted by Gasteiger charge is 2.19. The Morgan fingerprint density at radius 3 is 2.37 bits per heavy atom. The summed E-state index contributed by atoms with van der Waals surface area (Å²) in [5.74, 6) is 1.09. The van der Waals surface area contributed by atoms with E-state index in [1.54, 1.807) is 0 Å². The van der Waals surface area contributed by atoms with Crippen LogP contribution in [0.15, 0.2) is 21.1 Å². The number of nitrogens with one attached hydrogen (secondary N) is 1. The van der Waals surface area contributed by atoms with Gasteiger partial charge >= 0.3 is 0 Å². The molecule has 0 unspecified atom stereocenters. The van der Waals surface area contributed by atoms with Crippen molar-refractivity contribution < 1.29 is 5.11 Å². The van der Waals surface area contributed by atoms with Gasteiger partial charge in [-0.15, -0.1) is 0 Å². The molecule has 2 rings (SSSR count). The molecule has 106 valence electrons. The zero-order valence-corrected chi connectivity index (χ0v) is 14.4. The van der Waals surface area contributed by atoms with Crippen LogP contribution in [0.2, 0.25) is 0 Å². The van der Waals surface area contributed by atoms with Crippen LogP contribution in [0.1, 0.15) is 44.6 Å². The molecule has 4 heteroatoms. The van der Waals surface area contributed by atoms with Crippen molar-refractivity contribution in [1.82, 2.24) is 5.32 Å². The van der Waals surface area contributed by atoms with Gasteiger partial charge in [0.25, 0.3) is 0 Å². The lowest BCUT2D eigenvalue weighted by molar-refractivity contribution is 0.280. The summed E-state index contributed by atoms with van der Waals surface area (Å²) < 4.78 is 1.48. The Kier molecular flexibility index (Phi) is 5.72. The van der Waals surface area contributed by atoms with Crippen molar-refractivity contribution in [3.8, 4) is 5.75 Å². The molecule has 0 spiro atoms. The smallest absolute Gasteiger partial charge is 0.143 e. The van der Waals surface area contributed by atoms with E-state index < -0.39 is 0 Å². The first-order valence-corrected chi connectivity index (χ1v) is 8.57. The van der Waals surface area contributed by atoms with Crippen LogP contribution in [0.5, 0.6) is 5.75 Å². The molecule has 0 amide bonds. The van der Waals surface area contributed by atoms with E-state index in [1.165, 1.54) is 37.7 Å². The molecule has 1 aliphatic carbocycles. The molecule has 1 aromatic carbocycles. The van der Waals surface area contributed by atoms with Gasteiger partial charge in [0.15, 0.2) is 0 Å². The van der Waals surface area contributed by atoms with Crippen LogP contribution in [-0.4, -0.2) is 11.1 Å². The maximum Gasteiger partial charge on any atom is 0.143 e. The highest BCUT2D eigenvalue weighted by molar-refractivity contribution is 9.11. The molecule has 19 heavy (non-hydrogen) atoms. The molecule has 1 aromatic rings. The maximum absolute atomic E-state index is 9.70. The first-order valence-electron chi connectivity index (χ1n) is 6.98. The molecule has 0 bridgehead atoms. The second-order valence-corrected chi connectivity index (χ2v) is 7.18. The number of phenols is 1. The molecular weight excluding hydrogens is 370 g/mol. The second kappa shape index (κ2) is 7.09. The average Bonchev–Trinajstić information content (AvgIpc) is 2.43. The lowest BCUT2D eigenvalue weighted by Crippen LogP contribution is -2.34. The fraction of sp³-hybridized carbons (Fsp3) is 0.600. The third-order valence-corrected chi connectivity index (χ3v) is 5.27. The summed E-state index contributed by atoms with van der Waals surface area (Å²) in [6, 6.07) is 4.51. The summed E-state index contributed by atoms with van der Waals surface area (Å²) >= 11 is 6.75. The van der Waals surface area contributed by atoms with Crippen molar-refractivity contribution in [2.45, 2.75) is 51.6 Å². The van der Waals surface area contributed by atoms with Gasteiger partial charge in [-0.05, 0) is 75.2 Å². The maximum atomic E-state index is 9.70. The zero-order chi connectivity index (χ0) is 13.8. The van der Waals surface area contributed by atoms with Gasteiger partial charge in [0.1, 0.15) is 5.75 Å². The van der Waals surface area contributed by atoms with Gasteiger partial charge in [-0.2, -0.15) is 0 Å². The van der Waals surface area contributed by atoms with Crippen molar-refractivity contribution in [3.05, 3.63) is 26.6 Å². The number of aromatic hydroxyl groups is 1. The van der Waals surface area contributed by atoms with Crippen molar-refractivity contribution in [3.63, 3.8) is 0 Å². The normalized spacial score (nSPS) is 18.5. The van der Waals surface area contributed by atoms with Crippen LogP contribution in [0.3, 0.4) is 0 Å². The van der Waals surface area contributed by atoms with E-state index in [0.29, 0.717) is 6.04 Å². The number of rotatable bonds is 4. The first-order chi connectivity index (χ1) is 9.08. The molecule has 1 saturated carbocycles. The molecule has 0 saturated heterocycles. The highest BCUT2D eigenvalue weighted by atomic mass is 79.9. The Balaban J connectivity index is 1.91. The minimum absolute atomic E-state index is 0.268. The van der Waals surface area contributed by atoms with Crippen LogP contribution < -0.4 is 5.32 Å². The van der Waals surface area contributed by atoms with Crippen LogP contribution in [0.4, 0.5) is 0 Å². The largest absolute Gasteiger partial charge is 0.506 e. The van der Waals surface area contributed by atoms with Crippen LogP contribution in [0, 0.1) is 5.92 Å². The van der Waals surface area contributed by atoms with Crippen molar-refractivity contribution in [2.24, 2.45) is 5.92 Å². The molecule has 0 radical (unpaired) electrons. The monoisotopic (exact) mass is 389 g/mol. The van der Waals surface area contributed by atoms with Crippen LogP contribution in [0.25, 0.3) is 0 Å². The number of hydrogen-bond acceptors (Lipinski definition) is 2. The van der Waals surface area contributed by atoms with Gasteiger partial charge in [-0.1, -0.05) is 19.3 Å². The Hall–Kier alpha value is -0.0600. The topological polar surface area (TPSA) is 32.3 Å². The summed E-state index contributed by atoms with van der Waals surface area (Å²) in [4.78, 5) is 0. The molecular formula is C15H21Br2NO. The zero-order valence-electron chi connectivity index (χ0n) is 11.3. The predicted molar refractivity (Wildman–Crippen MR) is 86.4 cm³/mol. The Bertz CT molecular complexity index is 407. The second-order valence-electron chi connectivity index (χ2n) is 5.48. The van der Waals surface area contributed by atoms with Crippen molar-refractivity contribution >= 4 is 31.9 Å². The number of halogens is 2. The average molecular weight is 391 g/mol. The molecule has 2 nitrogen and oxygen atoms in total. The molecule has 0 heterocycles. The number of benzene rings is 1. The first kappa shape index (κ1) is 15.3. The van der Waals surface area contributed by atoms with E-state index in [0.717, 1.165) is 21.4 Å². The number of hydrogen-bond donors (Lipinski definition) is 2. The third kappa shape index (κ3) is 4.20. The summed E-state index contributed by atoms with van der Waals surface area (Å²) in [6.07, 6.45) is 6.88. The van der Waals surface area contributed by atoms with E-state index in [-0.39, 0.29) is 5.75 Å². The molecule has 1 atom stereocenters. The fourth-order valence-corrected chi connectivity index (χ4v) is 4.08. The standard InChI is InChI=1S/C15H21Br2NO/c1-10(12-5-3-2-4-6-12)18-9-11-7-13(16)15(19)14(17)8-11/h7-8,10,12,18-19H,2-6,9H2,1H3/t10-/m0/s1. The van der Waals surface area contributed by atoms with Gasteiger partial charge < -0.3 is 10.4 Å². The van der Waals surface area contributed by atoms with E-state index >= 15 is 0 Å². The Morgan fingerprint density at radius 2 is 1.79 bits per heavy atom. The van der Waals surface area contributed by atoms with Gasteiger partial charge in [0.05, 0.1) is 8.95 Å². The van der Waals surface area contributed by atoms with E-state index in [2.05, 4.69) is 44.1 Å². The molecule has 0 aliphatic heterocycles. The van der Waals surface area contributed by atoms with Crippen LogP contribution in [-0.2, 0) is 6.54 Å². The van der Waals surface area contributed by atoms with E-state index in [1.807, 2.05) is 12.1 Å². The summed E-state index contributed by atoms with van der Waals surface area (Å²) in [6.45, 7) is 3.13. The lowest BCUT2D eigenvalue weighted by Gasteiger charge is -2.28. The minimum Gasteiger partial charge on any atom is -0.506 e. The molecule has 0 aromatic heterocycles. The van der Waals surface area contributed by atoms with E-state index in [9.17, 15) is 5.11 Å². The quantitative estimate of drug-likeness (QED) is 0.760. The van der Waals surface area contributed by atoms with Crippen molar-refractivity contribution in [2.75, 3.05) is 0 Å². The summed E-state index contributed by atoms with van der Waals surface area (Å²) in [5.41, 5.74) is 1.18. The minimum atomic E-state index is 0.268. The predicted octanol–water partition coefficient (Wildman–Crippen LogP) is 4.98. The molecule has 1 aliphatic rings.